The molecule has 12 atom stereocenters. The zero-order valence-electron chi connectivity index (χ0n) is 65.6. The first kappa shape index (κ1) is 85.6. The second-order valence-electron chi connectivity index (χ2n) is 32.9. The third kappa shape index (κ3) is 17.2. The number of likely N-dealkylation sites (N-methyl/N-ethyl adjacent to an activating group) is 2. The Hall–Kier alpha value is -7.82. The zero-order valence-corrected chi connectivity index (χ0v) is 68.0. The molecule has 6 heterocycles. The number of carbonyl (C=O) groups is 10. The number of ether oxygens (including phenoxy) is 4. The van der Waals surface area contributed by atoms with Crippen molar-refractivity contribution in [3.05, 3.63) is 89.8 Å². The predicted octanol–water partition coefficient (Wildman–Crippen LogP) is 10.8. The molecule has 2 unspecified atom stereocenters. The highest BCUT2D eigenvalue weighted by Gasteiger charge is 2.70. The molecule has 6 saturated carbocycles. The van der Waals surface area contributed by atoms with Crippen LogP contribution in [0, 0.1) is 71.6 Å². The monoisotopic (exact) mass is 1610 g/mol. The summed E-state index contributed by atoms with van der Waals surface area (Å²) < 4.78 is 107. The fourth-order valence-electron chi connectivity index (χ4n) is 16.8. The Bertz CT molecular complexity index is 4330. The van der Waals surface area contributed by atoms with Crippen LogP contribution in [0.3, 0.4) is 0 Å². The second-order valence-corrected chi connectivity index (χ2v) is 35.6. The molecule has 3 N–H and O–H groups in total. The summed E-state index contributed by atoms with van der Waals surface area (Å²) in [6.45, 7) is 30.6. The Balaban J connectivity index is 0.000000197. The number of nitrogens with zero attached hydrogens (tertiary/aromatic N) is 6. The van der Waals surface area contributed by atoms with Crippen LogP contribution in [0.15, 0.2) is 22.9 Å². The lowest BCUT2D eigenvalue weighted by atomic mass is 9.43. The van der Waals surface area contributed by atoms with Crippen molar-refractivity contribution in [2.24, 2.45) is 34.5 Å². The standard InChI is InChI=1S/C38H49BF2N4O9S.C24H32BClF2O5.C13H16N4O5S/c1-10-44-11-12-45(33(48)32(44)47)35(50)43-30(24-18-55-19(2)42-24)25(46)17-22(39-53-27-16-21-15-26(37(21,6)7)38(27,8)54-39)13-20-14-23(40)29(41)28(31(20)51-9)34(49)52-36(3,4)5;1-22(2,3)31-21(29)18-19(28)14(27)8-12(20(18)30-7)9-17(26)25-32-16-11-13-10-15(23(13,4)5)24(16,6)33-25;1-3-16-4-5-17(11(19)10(16)18)13(22)15-9(12(20)21)8-6-23-7(2)14-8/h14,18,21-22,26-27,30H,10-13,15-17H2,1-9H3,(H,43,50);8,13,15-17H,9-11H2,1-7H3;6,9H,3-5H2,1-2H3,(H,15,22)(H,20,21)/t21-,22+,26-,27+,30?,38-;13-,15-,16+,17+,24-;/m00./s1. The molecule has 10 fully saturated rings. The van der Waals surface area contributed by atoms with Gasteiger partial charge in [-0.2, -0.15) is 0 Å². The van der Waals surface area contributed by atoms with Gasteiger partial charge in [0.15, 0.2) is 35.1 Å². The molecular formula is C75H97B2ClF4N8O19S2. The minimum atomic E-state index is -1.44. The van der Waals surface area contributed by atoms with Gasteiger partial charge in [0, 0.05) is 62.3 Å². The number of carboxylic acids is 1. The molecule has 10 aliphatic rings. The SMILES string of the molecule is CCN1CCN(C(=O)NC(C(=O)C[C@@H](Cc2cc(F)c(F)c(C(=O)OC(C)(C)C)c2OC)B2O[C@@H]3C[C@@H]4C[C@@H](C4(C)C)[C@]3(C)O2)c2csc(C)n2)C(=O)C1=O.CCN1CCN(C(=O)NC(C(=O)O)c2csc(C)n2)C(=O)C1=O.COc1c(C[C@@H](Cl)B2O[C@@H]3C[C@@H]4C[C@@H](C4(C)C)[C@]3(C)O2)cc(F)c(F)c1C(=O)OC(C)(C)C. The van der Waals surface area contributed by atoms with Crippen molar-refractivity contribution in [1.29, 1.82) is 0 Å². The number of ketones is 1. The number of methoxy groups -OCH3 is 2. The molecule has 4 saturated heterocycles. The van der Waals surface area contributed by atoms with Gasteiger partial charge in [0.1, 0.15) is 39.9 Å². The van der Waals surface area contributed by atoms with E-state index in [1.807, 2.05) is 6.92 Å². The van der Waals surface area contributed by atoms with Crippen LogP contribution in [0.2, 0.25) is 5.82 Å². The lowest BCUT2D eigenvalue weighted by Gasteiger charge is -2.64. The molecule has 604 valence electrons. The first-order valence-corrected chi connectivity index (χ1v) is 39.2. The number of thiazole rings is 2. The molecule has 0 radical (unpaired) electrons. The summed E-state index contributed by atoms with van der Waals surface area (Å²) in [5, 5.41) is 17.8. The number of aryl methyl sites for hydroxylation is 2. The van der Waals surface area contributed by atoms with Crippen LogP contribution in [0.5, 0.6) is 11.5 Å². The van der Waals surface area contributed by atoms with Crippen LogP contribution in [0.4, 0.5) is 27.2 Å². The number of urea groups is 2. The number of nitrogens with one attached hydrogen (secondary N) is 2. The molecule has 8 amide bonds. The summed E-state index contributed by atoms with van der Waals surface area (Å²) >= 11 is 9.21. The normalized spacial score (nSPS) is 25.3. The van der Waals surface area contributed by atoms with E-state index in [1.165, 1.54) is 52.1 Å². The van der Waals surface area contributed by atoms with Crippen LogP contribution < -0.4 is 20.1 Å². The number of aliphatic carboxylic acids is 1. The molecule has 2 aromatic heterocycles. The van der Waals surface area contributed by atoms with E-state index in [0.29, 0.717) is 40.9 Å². The molecule has 2 aromatic carbocycles. The maximum Gasteiger partial charge on any atom is 0.477 e. The highest BCUT2D eigenvalue weighted by molar-refractivity contribution is 7.09. The van der Waals surface area contributed by atoms with Gasteiger partial charge < -0.3 is 63.1 Å². The number of carboxylic acid groups (broad SMARTS) is 1. The van der Waals surface area contributed by atoms with E-state index in [-0.39, 0.29) is 108 Å². The Labute approximate surface area is 655 Å². The van der Waals surface area contributed by atoms with E-state index >= 15 is 8.78 Å². The van der Waals surface area contributed by atoms with Crippen molar-refractivity contribution in [3.63, 3.8) is 0 Å². The number of esters is 2. The van der Waals surface area contributed by atoms with Crippen molar-refractivity contribution in [2.75, 3.05) is 53.5 Å². The third-order valence-electron chi connectivity index (χ3n) is 22.9. The average Bonchev–Trinajstić information content (AvgIpc) is 1.61. The number of Topliss-reactive ketones (excluding diaryl/α,β-unsaturated/α-hetero) is 1. The Morgan fingerprint density at radius 1 is 0.622 bits per heavy atom. The van der Waals surface area contributed by atoms with Crippen LogP contribution >= 0.6 is 34.3 Å². The van der Waals surface area contributed by atoms with Gasteiger partial charge in [0.25, 0.3) is 0 Å². The van der Waals surface area contributed by atoms with E-state index in [4.69, 9.17) is 49.2 Å². The van der Waals surface area contributed by atoms with Gasteiger partial charge in [0.05, 0.1) is 64.3 Å². The van der Waals surface area contributed by atoms with Gasteiger partial charge in [-0.1, -0.05) is 27.7 Å². The summed E-state index contributed by atoms with van der Waals surface area (Å²) in [6, 6.07) is -2.67. The van der Waals surface area contributed by atoms with Gasteiger partial charge in [-0.3, -0.25) is 33.8 Å². The third-order valence-corrected chi connectivity index (χ3v) is 24.9. The number of alkyl halides is 1. The lowest BCUT2D eigenvalue weighted by molar-refractivity contribution is -0.199. The minimum Gasteiger partial charge on any atom is -0.495 e. The van der Waals surface area contributed by atoms with Gasteiger partial charge in [-0.25, -0.2) is 51.5 Å². The zero-order chi connectivity index (χ0) is 82.0. The van der Waals surface area contributed by atoms with Gasteiger partial charge >= 0.3 is 67.8 Å². The van der Waals surface area contributed by atoms with Crippen molar-refractivity contribution < 1.29 is 108 Å². The molecule has 36 heteroatoms. The largest absolute Gasteiger partial charge is 0.495 e. The minimum absolute atomic E-state index is 0.000273. The number of rotatable bonds is 20. The fourth-order valence-corrected chi connectivity index (χ4v) is 18.4. The van der Waals surface area contributed by atoms with Crippen LogP contribution in [0.25, 0.3) is 0 Å². The number of imide groups is 2. The van der Waals surface area contributed by atoms with Crippen LogP contribution in [0.1, 0.15) is 194 Å². The Morgan fingerprint density at radius 2 is 1.02 bits per heavy atom. The number of halogens is 5. The number of aromatic nitrogens is 2. The van der Waals surface area contributed by atoms with Crippen molar-refractivity contribution in [1.82, 2.24) is 40.2 Å². The van der Waals surface area contributed by atoms with E-state index in [1.54, 1.807) is 74.6 Å². The quantitative estimate of drug-likeness (QED) is 0.0243. The summed E-state index contributed by atoms with van der Waals surface area (Å²) in [6.07, 6.45) is 2.94. The van der Waals surface area contributed by atoms with Crippen molar-refractivity contribution in [3.8, 4) is 11.5 Å². The molecule has 6 aliphatic carbocycles. The number of carbonyl (C=O) groups excluding carboxylic acids is 9. The maximum absolute atomic E-state index is 15.4. The Kier molecular flexibility index (Phi) is 25.1. The number of hydrogen-bond acceptors (Lipinski definition) is 22. The first-order valence-electron chi connectivity index (χ1n) is 37.0. The first-order chi connectivity index (χ1) is 51.7. The molecular weight excluding hydrogens is 1510 g/mol. The fraction of sp³-hybridized carbons (Fsp3) is 0.627. The number of benzene rings is 2. The van der Waals surface area contributed by atoms with Crippen molar-refractivity contribution >= 4 is 108 Å². The highest BCUT2D eigenvalue weighted by atomic mass is 35.5. The summed E-state index contributed by atoms with van der Waals surface area (Å²) in [5.41, 5.74) is -3.45. The second kappa shape index (κ2) is 32.6. The van der Waals surface area contributed by atoms with Crippen LogP contribution in [-0.4, -0.2) is 202 Å². The summed E-state index contributed by atoms with van der Waals surface area (Å²) in [7, 11) is 0.798. The average molecular weight is 1610 g/mol. The van der Waals surface area contributed by atoms with Crippen LogP contribution in [-0.2, 0) is 69.7 Å². The molecule has 27 nitrogen and oxygen atoms in total. The number of hydrogen-bond donors (Lipinski definition) is 3. The van der Waals surface area contributed by atoms with E-state index in [2.05, 4.69) is 55.2 Å². The summed E-state index contributed by atoms with van der Waals surface area (Å²) in [5.74, 6) is -12.5. The highest BCUT2D eigenvalue weighted by Crippen LogP contribution is 2.67. The molecule has 4 aliphatic heterocycles. The van der Waals surface area contributed by atoms with Gasteiger partial charge in [-0.15, -0.1) is 34.3 Å². The summed E-state index contributed by atoms with van der Waals surface area (Å²) in [4.78, 5) is 140. The maximum atomic E-state index is 15.4. The molecule has 0 spiro atoms. The number of amides is 8. The molecule has 14 rings (SSSR count). The van der Waals surface area contributed by atoms with E-state index in [9.17, 15) is 61.8 Å². The lowest BCUT2D eigenvalue weighted by Crippen LogP contribution is -2.65. The van der Waals surface area contributed by atoms with E-state index in [0.717, 1.165) is 47.6 Å². The Morgan fingerprint density at radius 3 is 1.40 bits per heavy atom. The number of piperazine rings is 2. The van der Waals surface area contributed by atoms with Gasteiger partial charge in [-0.05, 0) is 179 Å². The predicted molar refractivity (Wildman–Crippen MR) is 399 cm³/mol. The topological polar surface area (TPSA) is 328 Å². The smallest absolute Gasteiger partial charge is 0.477 e. The molecule has 4 bridgehead atoms. The molecule has 4 aromatic rings. The molecule has 111 heavy (non-hydrogen) atoms. The van der Waals surface area contributed by atoms with Crippen molar-refractivity contribution in [2.45, 2.75) is 214 Å². The van der Waals surface area contributed by atoms with E-state index < -0.39 is 154 Å². The van der Waals surface area contributed by atoms with Gasteiger partial charge in [0.2, 0.25) is 0 Å².